The van der Waals surface area contributed by atoms with E-state index in [2.05, 4.69) is 14.7 Å². The van der Waals surface area contributed by atoms with Crippen LogP contribution < -0.4 is 4.72 Å². The lowest BCUT2D eigenvalue weighted by atomic mass is 10.1. The summed E-state index contributed by atoms with van der Waals surface area (Å²) in [6, 6.07) is 7.73. The van der Waals surface area contributed by atoms with Crippen LogP contribution in [0.1, 0.15) is 16.7 Å². The van der Waals surface area contributed by atoms with Crippen molar-refractivity contribution in [2.24, 2.45) is 5.11 Å². The molecule has 0 spiro atoms. The van der Waals surface area contributed by atoms with Crippen molar-refractivity contribution in [3.8, 4) is 5.75 Å². The predicted octanol–water partition coefficient (Wildman–Crippen LogP) is 4.06. The minimum absolute atomic E-state index is 0.0304. The highest BCUT2D eigenvalue weighted by Gasteiger charge is 2.18. The van der Waals surface area contributed by atoms with Crippen LogP contribution in [-0.2, 0) is 10.0 Å². The number of anilines is 1. The highest BCUT2D eigenvalue weighted by molar-refractivity contribution is 7.92. The molecular formula is C15H16N4O3S. The highest BCUT2D eigenvalue weighted by Crippen LogP contribution is 2.37. The van der Waals surface area contributed by atoms with Crippen LogP contribution in [0.2, 0.25) is 0 Å². The third-order valence-corrected chi connectivity index (χ3v) is 4.95. The average molecular weight is 332 g/mol. The van der Waals surface area contributed by atoms with Gasteiger partial charge in [-0.1, -0.05) is 22.8 Å². The quantitative estimate of drug-likeness (QED) is 0.380. The molecule has 0 saturated heterocycles. The van der Waals surface area contributed by atoms with Gasteiger partial charge in [-0.3, -0.25) is 4.72 Å². The predicted molar refractivity (Wildman–Crippen MR) is 88.4 cm³/mol. The Morgan fingerprint density at radius 3 is 2.30 bits per heavy atom. The molecule has 2 rings (SSSR count). The van der Waals surface area contributed by atoms with Crippen LogP contribution in [0.3, 0.4) is 0 Å². The van der Waals surface area contributed by atoms with Crippen molar-refractivity contribution in [3.05, 3.63) is 57.5 Å². The Balaban J connectivity index is 2.51. The van der Waals surface area contributed by atoms with Crippen LogP contribution in [0.5, 0.6) is 5.75 Å². The third-order valence-electron chi connectivity index (χ3n) is 3.57. The first-order valence-corrected chi connectivity index (χ1v) is 8.22. The molecule has 2 N–H and O–H groups in total. The molecule has 8 heteroatoms. The molecule has 0 amide bonds. The van der Waals surface area contributed by atoms with Gasteiger partial charge in [0.05, 0.1) is 16.3 Å². The number of phenolic OH excluding ortho intramolecular Hbond substituents is 1. The fourth-order valence-electron chi connectivity index (χ4n) is 2.04. The van der Waals surface area contributed by atoms with Gasteiger partial charge in [-0.2, -0.15) is 0 Å². The Labute approximate surface area is 134 Å². The van der Waals surface area contributed by atoms with Crippen LogP contribution in [0.4, 0.5) is 11.4 Å². The minimum Gasteiger partial charge on any atom is -0.507 e. The zero-order valence-electron chi connectivity index (χ0n) is 12.9. The van der Waals surface area contributed by atoms with Crippen LogP contribution >= 0.6 is 0 Å². The summed E-state index contributed by atoms with van der Waals surface area (Å²) in [5.41, 5.74) is 10.7. The molecule has 0 atom stereocenters. The molecule has 120 valence electrons. The maximum Gasteiger partial charge on any atom is 0.261 e. The van der Waals surface area contributed by atoms with Gasteiger partial charge in [-0.15, -0.1) is 0 Å². The standard InChI is InChI=1S/C15H16N4O3S/c1-9-4-6-12(7-5-9)23(21,22)18-13-8-14(17-19-16)15(20)11(3)10(13)2/h4-8,18,20H,1-3H3. The van der Waals surface area contributed by atoms with Crippen LogP contribution in [-0.4, -0.2) is 13.5 Å². The molecule has 2 aromatic carbocycles. The Hall–Kier alpha value is -2.70. The number of azide groups is 1. The van der Waals surface area contributed by atoms with E-state index in [1.165, 1.54) is 18.2 Å². The molecule has 2 aromatic rings. The summed E-state index contributed by atoms with van der Waals surface area (Å²) >= 11 is 0. The van der Waals surface area contributed by atoms with E-state index < -0.39 is 10.0 Å². The largest absolute Gasteiger partial charge is 0.507 e. The van der Waals surface area contributed by atoms with Gasteiger partial charge in [0, 0.05) is 4.91 Å². The highest BCUT2D eigenvalue weighted by atomic mass is 32.2. The van der Waals surface area contributed by atoms with E-state index in [0.29, 0.717) is 11.1 Å². The van der Waals surface area contributed by atoms with Crippen LogP contribution in [0.25, 0.3) is 10.4 Å². The monoisotopic (exact) mass is 332 g/mol. The fraction of sp³-hybridized carbons (Fsp3) is 0.200. The van der Waals surface area contributed by atoms with Gasteiger partial charge in [-0.05, 0) is 55.6 Å². The molecule has 0 aliphatic rings. The number of rotatable bonds is 4. The molecule has 0 saturated carbocycles. The first kappa shape index (κ1) is 16.7. The number of aromatic hydroxyl groups is 1. The van der Waals surface area contributed by atoms with E-state index >= 15 is 0 Å². The second-order valence-corrected chi connectivity index (χ2v) is 6.83. The van der Waals surface area contributed by atoms with Crippen molar-refractivity contribution in [1.82, 2.24) is 0 Å². The number of aryl methyl sites for hydroxylation is 1. The summed E-state index contributed by atoms with van der Waals surface area (Å²) in [6.45, 7) is 5.15. The summed E-state index contributed by atoms with van der Waals surface area (Å²) in [7, 11) is -3.78. The van der Waals surface area contributed by atoms with Gasteiger partial charge in [0.25, 0.3) is 10.0 Å². The van der Waals surface area contributed by atoms with E-state index in [1.807, 2.05) is 6.92 Å². The van der Waals surface area contributed by atoms with Crippen molar-refractivity contribution in [2.45, 2.75) is 25.7 Å². The first-order valence-electron chi connectivity index (χ1n) is 6.74. The molecule has 0 aromatic heterocycles. The Morgan fingerprint density at radius 2 is 1.74 bits per heavy atom. The number of hydrogen-bond donors (Lipinski definition) is 2. The minimum atomic E-state index is -3.78. The van der Waals surface area contributed by atoms with Crippen LogP contribution in [0, 0.1) is 20.8 Å². The third kappa shape index (κ3) is 3.39. The smallest absolute Gasteiger partial charge is 0.261 e. The van der Waals surface area contributed by atoms with Crippen molar-refractivity contribution >= 4 is 21.4 Å². The SMILES string of the molecule is Cc1ccc(S(=O)(=O)Nc2cc(N=[N+]=[N-])c(O)c(C)c2C)cc1. The van der Waals surface area contributed by atoms with E-state index in [-0.39, 0.29) is 22.0 Å². The topological polar surface area (TPSA) is 115 Å². The lowest BCUT2D eigenvalue weighted by molar-refractivity contribution is 0.472. The summed E-state index contributed by atoms with van der Waals surface area (Å²) in [6.07, 6.45) is 0. The summed E-state index contributed by atoms with van der Waals surface area (Å²) < 4.78 is 27.4. The van der Waals surface area contributed by atoms with Crippen molar-refractivity contribution < 1.29 is 13.5 Å². The van der Waals surface area contributed by atoms with Crippen LogP contribution in [0.15, 0.2) is 40.3 Å². The first-order chi connectivity index (χ1) is 10.8. The zero-order valence-corrected chi connectivity index (χ0v) is 13.7. The number of nitrogens with one attached hydrogen (secondary N) is 1. The van der Waals surface area contributed by atoms with Gasteiger partial charge in [0.1, 0.15) is 5.75 Å². The molecule has 0 heterocycles. The van der Waals surface area contributed by atoms with Gasteiger partial charge < -0.3 is 5.11 Å². The van der Waals surface area contributed by atoms with Gasteiger partial charge >= 0.3 is 0 Å². The zero-order chi connectivity index (χ0) is 17.2. The molecular weight excluding hydrogens is 316 g/mol. The van der Waals surface area contributed by atoms with Crippen molar-refractivity contribution in [3.63, 3.8) is 0 Å². The molecule has 0 bridgehead atoms. The molecule has 0 radical (unpaired) electrons. The Kier molecular flexibility index (Phi) is 4.49. The van der Waals surface area contributed by atoms with E-state index in [1.54, 1.807) is 26.0 Å². The second-order valence-electron chi connectivity index (χ2n) is 5.15. The summed E-state index contributed by atoms with van der Waals surface area (Å²) in [4.78, 5) is 2.75. The van der Waals surface area contributed by atoms with Gasteiger partial charge in [-0.25, -0.2) is 8.42 Å². The molecule has 0 fully saturated rings. The average Bonchev–Trinajstić information content (AvgIpc) is 2.50. The summed E-state index contributed by atoms with van der Waals surface area (Å²) in [5, 5.41) is 13.3. The number of hydrogen-bond acceptors (Lipinski definition) is 4. The van der Waals surface area contributed by atoms with Gasteiger partial charge in [0.15, 0.2) is 0 Å². The maximum atomic E-state index is 12.5. The molecule has 0 aliphatic heterocycles. The molecule has 7 nitrogen and oxygen atoms in total. The number of phenols is 1. The van der Waals surface area contributed by atoms with Crippen molar-refractivity contribution in [1.29, 1.82) is 0 Å². The lowest BCUT2D eigenvalue weighted by Gasteiger charge is -2.15. The number of benzene rings is 2. The van der Waals surface area contributed by atoms with E-state index in [9.17, 15) is 13.5 Å². The number of sulfonamides is 1. The fourth-order valence-corrected chi connectivity index (χ4v) is 3.15. The lowest BCUT2D eigenvalue weighted by Crippen LogP contribution is -2.14. The molecule has 0 unspecified atom stereocenters. The number of nitrogens with zero attached hydrogens (tertiary/aromatic N) is 3. The Morgan fingerprint density at radius 1 is 1.13 bits per heavy atom. The van der Waals surface area contributed by atoms with E-state index in [4.69, 9.17) is 5.53 Å². The maximum absolute atomic E-state index is 12.5. The van der Waals surface area contributed by atoms with Gasteiger partial charge in [0.2, 0.25) is 0 Å². The van der Waals surface area contributed by atoms with E-state index in [0.717, 1.165) is 5.56 Å². The normalized spacial score (nSPS) is 10.9. The second kappa shape index (κ2) is 6.20. The summed E-state index contributed by atoms with van der Waals surface area (Å²) in [5.74, 6) is -0.168. The molecule has 0 aliphatic carbocycles. The van der Waals surface area contributed by atoms with Crippen molar-refractivity contribution in [2.75, 3.05) is 4.72 Å². The molecule has 23 heavy (non-hydrogen) atoms. The Bertz CT molecular complexity index is 899.